The molecule has 5 nitrogen and oxygen atoms in total. The summed E-state index contributed by atoms with van der Waals surface area (Å²) >= 11 is 0. The van der Waals surface area contributed by atoms with E-state index >= 15 is 0 Å². The Morgan fingerprint density at radius 2 is 1.88 bits per heavy atom. The molecule has 0 spiro atoms. The van der Waals surface area contributed by atoms with Crippen molar-refractivity contribution in [3.8, 4) is 11.3 Å². The maximum atomic E-state index is 14.5. The third-order valence-electron chi connectivity index (χ3n) is 6.13. The van der Waals surface area contributed by atoms with Crippen LogP contribution in [-0.4, -0.2) is 20.7 Å². The van der Waals surface area contributed by atoms with Crippen molar-refractivity contribution in [3.63, 3.8) is 0 Å². The molecule has 0 unspecified atom stereocenters. The third kappa shape index (κ3) is 3.66. The molecule has 0 radical (unpaired) electrons. The van der Waals surface area contributed by atoms with Crippen LogP contribution in [0.2, 0.25) is 0 Å². The number of carbonyl (C=O) groups is 1. The van der Waals surface area contributed by atoms with Crippen molar-refractivity contribution in [2.75, 3.05) is 0 Å². The van der Waals surface area contributed by atoms with Gasteiger partial charge in [-0.25, -0.2) is 13.2 Å². The molecule has 1 amide bonds. The fraction of sp³-hybridized carbons (Fsp3) is 0.250. The average Bonchev–Trinajstić information content (AvgIpc) is 3.30. The molecule has 2 N–H and O–H groups in total. The predicted octanol–water partition coefficient (Wildman–Crippen LogP) is 4.80. The van der Waals surface area contributed by atoms with Gasteiger partial charge in [-0.3, -0.25) is 9.48 Å². The van der Waals surface area contributed by atoms with Gasteiger partial charge < -0.3 is 10.3 Å². The quantitative estimate of drug-likeness (QED) is 0.470. The number of hydrogen-bond donors (Lipinski definition) is 2. The van der Waals surface area contributed by atoms with Crippen LogP contribution < -0.4 is 5.32 Å². The third-order valence-corrected chi connectivity index (χ3v) is 6.13. The molecular weight excluding hydrogens is 417 g/mol. The molecule has 0 aliphatic heterocycles. The van der Waals surface area contributed by atoms with Crippen LogP contribution in [0, 0.1) is 23.4 Å². The Balaban J connectivity index is 1.40. The number of carbonyl (C=O) groups excluding carboxylic acids is 1. The molecule has 0 saturated heterocycles. The Morgan fingerprint density at radius 1 is 1.12 bits per heavy atom. The number of halogens is 3. The van der Waals surface area contributed by atoms with Crippen molar-refractivity contribution in [1.29, 1.82) is 0 Å². The lowest BCUT2D eigenvalue weighted by molar-refractivity contribution is -0.128. The minimum Gasteiger partial charge on any atom is -0.352 e. The lowest BCUT2D eigenvalue weighted by Crippen LogP contribution is -2.37. The maximum absolute atomic E-state index is 14.5. The summed E-state index contributed by atoms with van der Waals surface area (Å²) in [6.07, 6.45) is 2.94. The summed E-state index contributed by atoms with van der Waals surface area (Å²) in [5.41, 5.74) is 3.06. The van der Waals surface area contributed by atoms with E-state index in [9.17, 15) is 18.0 Å². The maximum Gasteiger partial charge on any atom is 0.223 e. The molecule has 5 rings (SSSR count). The van der Waals surface area contributed by atoms with Gasteiger partial charge in [0, 0.05) is 30.6 Å². The number of rotatable bonds is 5. The van der Waals surface area contributed by atoms with E-state index in [1.807, 2.05) is 19.3 Å². The van der Waals surface area contributed by atoms with E-state index in [4.69, 9.17) is 0 Å². The second-order valence-electron chi connectivity index (χ2n) is 8.29. The fourth-order valence-corrected chi connectivity index (χ4v) is 4.46. The molecule has 8 heteroatoms. The normalized spacial score (nSPS) is 18.0. The van der Waals surface area contributed by atoms with Gasteiger partial charge >= 0.3 is 0 Å². The number of aromatic nitrogens is 3. The molecule has 2 heterocycles. The topological polar surface area (TPSA) is 62.7 Å². The summed E-state index contributed by atoms with van der Waals surface area (Å²) in [4.78, 5) is 15.6. The molecule has 1 aliphatic carbocycles. The first-order valence-corrected chi connectivity index (χ1v) is 10.4. The number of fused-ring (bicyclic) bond motifs is 1. The summed E-state index contributed by atoms with van der Waals surface area (Å²) in [6.45, 7) is 0.352. The molecule has 1 fully saturated rings. The molecule has 2 aromatic carbocycles. The molecule has 0 bridgehead atoms. The summed E-state index contributed by atoms with van der Waals surface area (Å²) < 4.78 is 43.6. The molecule has 4 aromatic rings. The van der Waals surface area contributed by atoms with Gasteiger partial charge in [0.1, 0.15) is 17.5 Å². The molecule has 1 aliphatic rings. The van der Waals surface area contributed by atoms with E-state index in [1.54, 1.807) is 16.8 Å². The first kappa shape index (κ1) is 20.4. The number of aromatic amines is 1. The highest BCUT2D eigenvalue weighted by atomic mass is 19.1. The first-order chi connectivity index (χ1) is 15.4. The van der Waals surface area contributed by atoms with Gasteiger partial charge in [0.05, 0.1) is 23.4 Å². The van der Waals surface area contributed by atoms with Crippen LogP contribution in [-0.2, 0) is 18.4 Å². The van der Waals surface area contributed by atoms with E-state index in [0.29, 0.717) is 36.0 Å². The molecule has 0 atom stereocenters. The van der Waals surface area contributed by atoms with Crippen LogP contribution in [0.4, 0.5) is 13.2 Å². The minimum absolute atomic E-state index is 0.0457. The van der Waals surface area contributed by atoms with Crippen molar-refractivity contribution in [3.05, 3.63) is 77.4 Å². The molecule has 1 saturated carbocycles. The number of aryl methyl sites for hydroxylation is 1. The van der Waals surface area contributed by atoms with E-state index in [-0.39, 0.29) is 29.1 Å². The van der Waals surface area contributed by atoms with Gasteiger partial charge in [-0.1, -0.05) is 0 Å². The minimum atomic E-state index is -0.682. The van der Waals surface area contributed by atoms with Crippen molar-refractivity contribution < 1.29 is 18.0 Å². The van der Waals surface area contributed by atoms with E-state index < -0.39 is 11.6 Å². The Hall–Kier alpha value is -3.55. The SMILES string of the molecule is Cn1ccc(CNC(=O)[C@H]2C[C@H](c3c(-c4ccc(F)cc4)[nH]c4c(F)cc(F)cc43)C2)n1. The van der Waals surface area contributed by atoms with Gasteiger partial charge in [0.25, 0.3) is 0 Å². The van der Waals surface area contributed by atoms with Crippen molar-refractivity contribution in [1.82, 2.24) is 20.1 Å². The summed E-state index contributed by atoms with van der Waals surface area (Å²) in [5, 5.41) is 7.60. The van der Waals surface area contributed by atoms with Crippen molar-refractivity contribution in [2.45, 2.75) is 25.3 Å². The number of hydrogen-bond acceptors (Lipinski definition) is 2. The number of amides is 1. The Morgan fingerprint density at radius 3 is 2.56 bits per heavy atom. The lowest BCUT2D eigenvalue weighted by Gasteiger charge is -2.35. The highest BCUT2D eigenvalue weighted by Gasteiger charge is 2.38. The zero-order valence-electron chi connectivity index (χ0n) is 17.3. The molecular formula is C24H21F3N4O. The van der Waals surface area contributed by atoms with Crippen LogP contribution in [0.25, 0.3) is 22.2 Å². The van der Waals surface area contributed by atoms with Crippen LogP contribution in [0.1, 0.15) is 30.0 Å². The predicted molar refractivity (Wildman–Crippen MR) is 114 cm³/mol. The number of nitrogens with one attached hydrogen (secondary N) is 2. The smallest absolute Gasteiger partial charge is 0.223 e. The Kier molecular flexibility index (Phi) is 5.00. The highest BCUT2D eigenvalue weighted by Crippen LogP contribution is 2.48. The Labute approximate surface area is 182 Å². The van der Waals surface area contributed by atoms with Gasteiger partial charge in [0.15, 0.2) is 0 Å². The standard InChI is InChI=1S/C24H21F3N4O/c1-31-7-6-18(30-31)12-28-24(32)15-8-14(9-15)21-19-10-17(26)11-20(27)23(19)29-22(21)13-2-4-16(25)5-3-13/h2-7,10-11,14-15,29H,8-9,12H2,1H3,(H,28,32)/t14-,15-. The van der Waals surface area contributed by atoms with Crippen LogP contribution >= 0.6 is 0 Å². The summed E-state index contributed by atoms with van der Waals surface area (Å²) in [7, 11) is 1.81. The van der Waals surface area contributed by atoms with E-state index in [2.05, 4.69) is 15.4 Å². The second kappa shape index (κ2) is 7.85. The lowest BCUT2D eigenvalue weighted by atomic mass is 9.70. The van der Waals surface area contributed by atoms with Crippen molar-refractivity contribution >= 4 is 16.8 Å². The van der Waals surface area contributed by atoms with Gasteiger partial charge in [0.2, 0.25) is 5.91 Å². The van der Waals surface area contributed by atoms with Crippen LogP contribution in [0.3, 0.4) is 0 Å². The monoisotopic (exact) mass is 438 g/mol. The van der Waals surface area contributed by atoms with Gasteiger partial charge in [-0.15, -0.1) is 0 Å². The van der Waals surface area contributed by atoms with E-state index in [0.717, 1.165) is 17.3 Å². The number of H-pyrrole nitrogens is 1. The Bertz CT molecular complexity index is 1300. The average molecular weight is 438 g/mol. The second-order valence-corrected chi connectivity index (χ2v) is 8.29. The van der Waals surface area contributed by atoms with Crippen LogP contribution in [0.15, 0.2) is 48.7 Å². The summed E-state index contributed by atoms with van der Waals surface area (Å²) in [5.74, 6) is -2.02. The molecule has 32 heavy (non-hydrogen) atoms. The van der Waals surface area contributed by atoms with Gasteiger partial charge in [-0.2, -0.15) is 5.10 Å². The molecule has 164 valence electrons. The first-order valence-electron chi connectivity index (χ1n) is 10.4. The number of benzene rings is 2. The number of nitrogens with zero attached hydrogens (tertiary/aromatic N) is 2. The fourth-order valence-electron chi connectivity index (χ4n) is 4.46. The zero-order chi connectivity index (χ0) is 22.4. The van der Waals surface area contributed by atoms with Crippen molar-refractivity contribution in [2.24, 2.45) is 13.0 Å². The largest absolute Gasteiger partial charge is 0.352 e. The molecule has 2 aromatic heterocycles. The van der Waals surface area contributed by atoms with Crippen LogP contribution in [0.5, 0.6) is 0 Å². The van der Waals surface area contributed by atoms with E-state index in [1.165, 1.54) is 18.2 Å². The highest BCUT2D eigenvalue weighted by molar-refractivity contribution is 5.92. The zero-order valence-corrected chi connectivity index (χ0v) is 17.3. The summed E-state index contributed by atoms with van der Waals surface area (Å²) in [6, 6.07) is 9.86. The van der Waals surface area contributed by atoms with Gasteiger partial charge in [-0.05, 0) is 66.3 Å².